The van der Waals surface area contributed by atoms with E-state index >= 15 is 0 Å². The highest BCUT2D eigenvalue weighted by Crippen LogP contribution is 2.18. The van der Waals surface area contributed by atoms with Crippen LogP contribution in [0.3, 0.4) is 0 Å². The molecule has 1 aliphatic rings. The molecule has 0 unspecified atom stereocenters. The van der Waals surface area contributed by atoms with Gasteiger partial charge in [-0.05, 0) is 38.1 Å². The number of nitrogens with zero attached hydrogens (tertiary/aromatic N) is 1. The van der Waals surface area contributed by atoms with Gasteiger partial charge in [-0.1, -0.05) is 41.3 Å². The average Bonchev–Trinajstić information content (AvgIpc) is 2.25. The van der Waals surface area contributed by atoms with Gasteiger partial charge >= 0.3 is 0 Å². The minimum absolute atomic E-state index is 0.0959. The lowest BCUT2D eigenvalue weighted by atomic mass is 10.1. The molecule has 1 aromatic carbocycles. The molecule has 2 rings (SSSR count). The zero-order valence-corrected chi connectivity index (χ0v) is 11.7. The first-order valence-electron chi connectivity index (χ1n) is 6.42. The quantitative estimate of drug-likeness (QED) is 0.784. The summed E-state index contributed by atoms with van der Waals surface area (Å²) in [6, 6.07) is 5.36. The van der Waals surface area contributed by atoms with Crippen LogP contribution in [0.2, 0.25) is 0 Å². The first-order chi connectivity index (χ1) is 8.25. The molecule has 0 radical (unpaired) electrons. The topological polar surface area (TPSA) is 3.24 Å². The van der Waals surface area contributed by atoms with Gasteiger partial charge in [0.15, 0.2) is 0 Å². The lowest BCUT2D eigenvalue weighted by Gasteiger charge is -2.24. The van der Waals surface area contributed by atoms with Crippen molar-refractivity contribution in [3.63, 3.8) is 0 Å². The fourth-order valence-electron chi connectivity index (χ4n) is 2.36. The highest BCUT2D eigenvalue weighted by Gasteiger charge is 2.11. The van der Waals surface area contributed by atoms with Crippen molar-refractivity contribution in [3.05, 3.63) is 34.1 Å². The van der Waals surface area contributed by atoms with Gasteiger partial charge in [0.1, 0.15) is 5.82 Å². The summed E-state index contributed by atoms with van der Waals surface area (Å²) < 4.78 is 14.5. The molecular formula is C14H19BrFN. The molecule has 0 spiro atoms. The van der Waals surface area contributed by atoms with Crippen LogP contribution in [0, 0.1) is 5.82 Å². The van der Waals surface area contributed by atoms with E-state index in [1.807, 2.05) is 12.1 Å². The van der Waals surface area contributed by atoms with Gasteiger partial charge in [0.25, 0.3) is 0 Å². The van der Waals surface area contributed by atoms with E-state index in [9.17, 15) is 4.39 Å². The van der Waals surface area contributed by atoms with Crippen LogP contribution in [0.1, 0.15) is 37.7 Å². The molecule has 1 saturated heterocycles. The van der Waals surface area contributed by atoms with Crippen LogP contribution in [0.15, 0.2) is 22.7 Å². The van der Waals surface area contributed by atoms with E-state index in [2.05, 4.69) is 20.8 Å². The minimum Gasteiger partial charge on any atom is -0.299 e. The normalized spacial score (nSPS) is 18.7. The van der Waals surface area contributed by atoms with E-state index in [1.54, 1.807) is 6.07 Å². The summed E-state index contributed by atoms with van der Waals surface area (Å²) in [5.74, 6) is -0.0959. The number of rotatable bonds is 2. The third kappa shape index (κ3) is 4.07. The van der Waals surface area contributed by atoms with Gasteiger partial charge in [-0.15, -0.1) is 0 Å². The zero-order chi connectivity index (χ0) is 12.1. The SMILES string of the molecule is Fc1cc(Br)ccc1CN1CCCCCCC1. The molecule has 0 bridgehead atoms. The molecule has 0 amide bonds. The van der Waals surface area contributed by atoms with Gasteiger partial charge < -0.3 is 0 Å². The maximum atomic E-state index is 13.7. The second kappa shape index (κ2) is 6.50. The molecule has 0 saturated carbocycles. The minimum atomic E-state index is -0.0959. The van der Waals surface area contributed by atoms with Crippen molar-refractivity contribution in [2.75, 3.05) is 13.1 Å². The lowest BCUT2D eigenvalue weighted by Crippen LogP contribution is -2.27. The lowest BCUT2D eigenvalue weighted by molar-refractivity contribution is 0.237. The van der Waals surface area contributed by atoms with Crippen LogP contribution in [-0.4, -0.2) is 18.0 Å². The van der Waals surface area contributed by atoms with Gasteiger partial charge in [-0.25, -0.2) is 4.39 Å². The smallest absolute Gasteiger partial charge is 0.128 e. The van der Waals surface area contributed by atoms with Crippen molar-refractivity contribution in [2.24, 2.45) is 0 Å². The monoisotopic (exact) mass is 299 g/mol. The van der Waals surface area contributed by atoms with Gasteiger partial charge in [-0.3, -0.25) is 4.90 Å². The Kier molecular flexibility index (Phi) is 4.99. The van der Waals surface area contributed by atoms with E-state index in [-0.39, 0.29) is 5.82 Å². The third-order valence-electron chi connectivity index (χ3n) is 3.36. The van der Waals surface area contributed by atoms with E-state index in [0.29, 0.717) is 0 Å². The number of likely N-dealkylation sites (tertiary alicyclic amines) is 1. The van der Waals surface area contributed by atoms with Crippen molar-refractivity contribution < 1.29 is 4.39 Å². The summed E-state index contributed by atoms with van der Waals surface area (Å²) in [6.07, 6.45) is 6.50. The van der Waals surface area contributed by atoms with Crippen LogP contribution < -0.4 is 0 Å². The molecule has 1 nitrogen and oxygen atoms in total. The molecule has 1 aromatic rings. The Bertz CT molecular complexity index is 359. The summed E-state index contributed by atoms with van der Waals surface area (Å²) in [4.78, 5) is 2.38. The van der Waals surface area contributed by atoms with Crippen molar-refractivity contribution >= 4 is 15.9 Å². The second-order valence-corrected chi connectivity index (χ2v) is 5.70. The Morgan fingerprint density at radius 2 is 1.71 bits per heavy atom. The van der Waals surface area contributed by atoms with Crippen molar-refractivity contribution in [1.29, 1.82) is 0 Å². The maximum absolute atomic E-state index is 13.7. The van der Waals surface area contributed by atoms with Crippen LogP contribution in [0.4, 0.5) is 4.39 Å². The van der Waals surface area contributed by atoms with E-state index in [4.69, 9.17) is 0 Å². The number of hydrogen-bond acceptors (Lipinski definition) is 1. The average molecular weight is 300 g/mol. The molecular weight excluding hydrogens is 281 g/mol. The van der Waals surface area contributed by atoms with Crippen LogP contribution >= 0.6 is 15.9 Å². The van der Waals surface area contributed by atoms with Gasteiger partial charge in [0.2, 0.25) is 0 Å². The highest BCUT2D eigenvalue weighted by atomic mass is 79.9. The zero-order valence-electron chi connectivity index (χ0n) is 10.1. The highest BCUT2D eigenvalue weighted by molar-refractivity contribution is 9.10. The summed E-state index contributed by atoms with van der Waals surface area (Å²) in [5, 5.41) is 0. The standard InChI is InChI=1S/C14H19BrFN/c15-13-7-6-12(14(16)10-13)11-17-8-4-2-1-3-5-9-17/h6-7,10H,1-5,8-9,11H2. The van der Waals surface area contributed by atoms with Crippen molar-refractivity contribution in [3.8, 4) is 0 Å². The number of hydrogen-bond donors (Lipinski definition) is 0. The summed E-state index contributed by atoms with van der Waals surface area (Å²) in [7, 11) is 0. The van der Waals surface area contributed by atoms with Gasteiger partial charge in [0, 0.05) is 16.6 Å². The predicted octanol–water partition coefficient (Wildman–Crippen LogP) is 4.35. The second-order valence-electron chi connectivity index (χ2n) is 4.78. The largest absolute Gasteiger partial charge is 0.299 e. The molecule has 3 heteroatoms. The Labute approximate surface area is 111 Å². The Hall–Kier alpha value is -0.410. The molecule has 1 heterocycles. The molecule has 1 fully saturated rings. The first-order valence-corrected chi connectivity index (χ1v) is 7.21. The van der Waals surface area contributed by atoms with Crippen molar-refractivity contribution in [2.45, 2.75) is 38.6 Å². The van der Waals surface area contributed by atoms with Crippen molar-refractivity contribution in [1.82, 2.24) is 4.90 Å². The maximum Gasteiger partial charge on any atom is 0.128 e. The fourth-order valence-corrected chi connectivity index (χ4v) is 2.70. The molecule has 0 N–H and O–H groups in total. The number of benzene rings is 1. The molecule has 0 atom stereocenters. The van der Waals surface area contributed by atoms with Crippen LogP contribution in [0.25, 0.3) is 0 Å². The molecule has 1 aliphatic heterocycles. The summed E-state index contributed by atoms with van der Waals surface area (Å²) in [6.45, 7) is 2.96. The molecule has 0 aliphatic carbocycles. The Morgan fingerprint density at radius 3 is 2.35 bits per heavy atom. The Morgan fingerprint density at radius 1 is 1.06 bits per heavy atom. The first kappa shape index (κ1) is 13.0. The summed E-state index contributed by atoms with van der Waals surface area (Å²) in [5.41, 5.74) is 0.814. The van der Waals surface area contributed by atoms with Gasteiger partial charge in [0.05, 0.1) is 0 Å². The van der Waals surface area contributed by atoms with E-state index < -0.39 is 0 Å². The fraction of sp³-hybridized carbons (Fsp3) is 0.571. The molecule has 94 valence electrons. The number of halogens is 2. The third-order valence-corrected chi connectivity index (χ3v) is 3.85. The van der Waals surface area contributed by atoms with Crippen LogP contribution in [0.5, 0.6) is 0 Å². The summed E-state index contributed by atoms with van der Waals surface area (Å²) >= 11 is 3.29. The molecule has 17 heavy (non-hydrogen) atoms. The van der Waals surface area contributed by atoms with Gasteiger partial charge in [-0.2, -0.15) is 0 Å². The van der Waals surface area contributed by atoms with E-state index in [0.717, 1.165) is 29.7 Å². The molecule has 0 aromatic heterocycles. The van der Waals surface area contributed by atoms with Crippen LogP contribution in [-0.2, 0) is 6.54 Å². The Balaban J connectivity index is 1.98. The predicted molar refractivity (Wildman–Crippen MR) is 72.5 cm³/mol. The van der Waals surface area contributed by atoms with E-state index in [1.165, 1.54) is 32.1 Å².